The SMILES string of the molecule is Cc1ccc(NC(=O)C(O[PH](=O)O)O[PH](=O)O)cc1. The summed E-state index contributed by atoms with van der Waals surface area (Å²) in [5, 5.41) is 2.32. The van der Waals surface area contributed by atoms with Crippen LogP contribution in [0, 0.1) is 6.92 Å². The van der Waals surface area contributed by atoms with Crippen molar-refractivity contribution in [3.05, 3.63) is 29.8 Å². The van der Waals surface area contributed by atoms with Crippen LogP contribution in [0.4, 0.5) is 5.69 Å². The Kier molecular flexibility index (Phi) is 6.37. The summed E-state index contributed by atoms with van der Waals surface area (Å²) in [6.07, 6.45) is -1.92. The van der Waals surface area contributed by atoms with Gasteiger partial charge in [-0.1, -0.05) is 17.7 Å². The molecule has 19 heavy (non-hydrogen) atoms. The van der Waals surface area contributed by atoms with Crippen molar-refractivity contribution in [2.75, 3.05) is 5.32 Å². The summed E-state index contributed by atoms with van der Waals surface area (Å²) in [6.45, 7) is 1.86. The van der Waals surface area contributed by atoms with Crippen molar-refractivity contribution in [1.29, 1.82) is 0 Å². The highest BCUT2D eigenvalue weighted by Crippen LogP contribution is 2.26. The second kappa shape index (κ2) is 7.55. The first-order chi connectivity index (χ1) is 8.88. The van der Waals surface area contributed by atoms with E-state index in [0.29, 0.717) is 5.69 Å². The van der Waals surface area contributed by atoms with E-state index in [-0.39, 0.29) is 0 Å². The number of nitrogens with one attached hydrogen (secondary N) is 1. The number of hydrogen-bond donors (Lipinski definition) is 3. The fourth-order valence-electron chi connectivity index (χ4n) is 1.15. The first kappa shape index (κ1) is 16.0. The molecule has 0 aliphatic carbocycles. The van der Waals surface area contributed by atoms with Gasteiger partial charge in [-0.15, -0.1) is 0 Å². The van der Waals surface area contributed by atoms with E-state index in [9.17, 15) is 13.9 Å². The Bertz CT molecular complexity index is 474. The highest BCUT2D eigenvalue weighted by atomic mass is 31.1. The van der Waals surface area contributed by atoms with Crippen molar-refractivity contribution in [2.24, 2.45) is 0 Å². The molecule has 0 aliphatic heterocycles. The van der Waals surface area contributed by atoms with Crippen molar-refractivity contribution < 1.29 is 32.8 Å². The molecule has 10 heteroatoms. The van der Waals surface area contributed by atoms with E-state index in [2.05, 4.69) is 14.4 Å². The maximum Gasteiger partial charge on any atom is 0.319 e. The zero-order valence-electron chi connectivity index (χ0n) is 9.82. The predicted octanol–water partition coefficient (Wildman–Crippen LogP) is 1.06. The quantitative estimate of drug-likeness (QED) is 0.530. The average molecular weight is 309 g/mol. The molecule has 8 nitrogen and oxygen atoms in total. The molecule has 0 fully saturated rings. The predicted molar refractivity (Wildman–Crippen MR) is 68.2 cm³/mol. The fourth-order valence-corrected chi connectivity index (χ4v) is 1.93. The normalized spacial score (nSPS) is 15.5. The van der Waals surface area contributed by atoms with E-state index in [1.165, 1.54) is 0 Å². The monoisotopic (exact) mass is 309 g/mol. The summed E-state index contributed by atoms with van der Waals surface area (Å²) in [7, 11) is -6.98. The third kappa shape index (κ3) is 6.11. The molecule has 3 N–H and O–H groups in total. The van der Waals surface area contributed by atoms with Crippen LogP contribution < -0.4 is 5.32 Å². The minimum absolute atomic E-state index is 0.392. The molecule has 0 aliphatic rings. The molecule has 2 unspecified atom stereocenters. The minimum atomic E-state index is -3.49. The van der Waals surface area contributed by atoms with Crippen LogP contribution in [0.1, 0.15) is 5.56 Å². The Balaban J connectivity index is 2.73. The molecular weight excluding hydrogens is 296 g/mol. The summed E-state index contributed by atoms with van der Waals surface area (Å²) in [5.74, 6) is -0.955. The van der Waals surface area contributed by atoms with E-state index in [4.69, 9.17) is 9.79 Å². The van der Waals surface area contributed by atoms with Gasteiger partial charge in [0.05, 0.1) is 0 Å². The molecule has 1 aromatic rings. The summed E-state index contributed by atoms with van der Waals surface area (Å²) in [6, 6.07) is 6.65. The van der Waals surface area contributed by atoms with Crippen molar-refractivity contribution in [2.45, 2.75) is 13.2 Å². The first-order valence-electron chi connectivity index (χ1n) is 5.05. The molecule has 0 aromatic heterocycles. The van der Waals surface area contributed by atoms with Crippen molar-refractivity contribution in [3.63, 3.8) is 0 Å². The summed E-state index contributed by atoms with van der Waals surface area (Å²) in [4.78, 5) is 28.8. The molecule has 0 heterocycles. The number of amides is 1. The van der Waals surface area contributed by atoms with Gasteiger partial charge in [-0.25, -0.2) is 0 Å². The standard InChI is InChI=1S/C9H13NO7P2/c1-6-2-4-7(5-3-6)10-8(11)9(16-18(12)13)17-19(14)15/h2-5,9,18-19H,1H3,(H,10,11)(H,12,13)(H,14,15). The Morgan fingerprint density at radius 3 is 2.05 bits per heavy atom. The van der Waals surface area contributed by atoms with E-state index in [0.717, 1.165) is 5.56 Å². The second-order valence-electron chi connectivity index (χ2n) is 3.45. The second-order valence-corrected chi connectivity index (χ2v) is 4.99. The van der Waals surface area contributed by atoms with Gasteiger partial charge in [-0.2, -0.15) is 0 Å². The van der Waals surface area contributed by atoms with Gasteiger partial charge in [0.15, 0.2) is 0 Å². The van der Waals surface area contributed by atoms with Crippen LogP contribution in [0.3, 0.4) is 0 Å². The van der Waals surface area contributed by atoms with Gasteiger partial charge in [0.25, 0.3) is 12.2 Å². The van der Waals surface area contributed by atoms with Gasteiger partial charge in [0, 0.05) is 5.69 Å². The van der Waals surface area contributed by atoms with Gasteiger partial charge >= 0.3 is 16.5 Å². The van der Waals surface area contributed by atoms with Gasteiger partial charge in [0.1, 0.15) is 0 Å². The van der Waals surface area contributed by atoms with Crippen LogP contribution in [0.15, 0.2) is 24.3 Å². The molecule has 0 radical (unpaired) electrons. The maximum atomic E-state index is 11.6. The van der Waals surface area contributed by atoms with Gasteiger partial charge in [-0.05, 0) is 19.1 Å². The van der Waals surface area contributed by atoms with Gasteiger partial charge in [0.2, 0.25) is 0 Å². The lowest BCUT2D eigenvalue weighted by Gasteiger charge is -2.14. The largest absolute Gasteiger partial charge is 0.326 e. The smallest absolute Gasteiger partial charge is 0.319 e. The molecular formula is C9H13NO7P2. The number of carbonyl (C=O) groups excluding carboxylic acids is 1. The average Bonchev–Trinajstić information content (AvgIpc) is 2.30. The van der Waals surface area contributed by atoms with Crippen molar-refractivity contribution in [1.82, 2.24) is 0 Å². The third-order valence-corrected chi connectivity index (χ3v) is 2.78. The highest BCUT2D eigenvalue weighted by molar-refractivity contribution is 7.33. The van der Waals surface area contributed by atoms with Crippen molar-refractivity contribution >= 4 is 28.1 Å². The number of anilines is 1. The van der Waals surface area contributed by atoms with Crippen LogP contribution in [0.5, 0.6) is 0 Å². The maximum absolute atomic E-state index is 11.6. The van der Waals surface area contributed by atoms with Crippen LogP contribution in [-0.2, 0) is 23.0 Å². The molecule has 1 rings (SSSR count). The van der Waals surface area contributed by atoms with E-state index >= 15 is 0 Å². The van der Waals surface area contributed by atoms with E-state index < -0.39 is 28.7 Å². The van der Waals surface area contributed by atoms with Gasteiger partial charge in [-0.3, -0.25) is 23.0 Å². The molecule has 0 saturated carbocycles. The van der Waals surface area contributed by atoms with Crippen LogP contribution in [0.25, 0.3) is 0 Å². The van der Waals surface area contributed by atoms with Crippen LogP contribution in [0.2, 0.25) is 0 Å². The Labute approximate surface area is 110 Å². The lowest BCUT2D eigenvalue weighted by Crippen LogP contribution is -2.29. The summed E-state index contributed by atoms with van der Waals surface area (Å²) < 4.78 is 29.6. The van der Waals surface area contributed by atoms with Crippen LogP contribution in [-0.4, -0.2) is 22.0 Å². The van der Waals surface area contributed by atoms with Crippen molar-refractivity contribution in [3.8, 4) is 0 Å². The van der Waals surface area contributed by atoms with Crippen LogP contribution >= 0.6 is 16.5 Å². The molecule has 1 amide bonds. The summed E-state index contributed by atoms with van der Waals surface area (Å²) >= 11 is 0. The molecule has 0 saturated heterocycles. The molecule has 1 aromatic carbocycles. The lowest BCUT2D eigenvalue weighted by molar-refractivity contribution is -0.135. The molecule has 106 valence electrons. The Hall–Kier alpha value is -1.01. The highest BCUT2D eigenvalue weighted by Gasteiger charge is 2.24. The lowest BCUT2D eigenvalue weighted by atomic mass is 10.2. The fraction of sp³-hybridized carbons (Fsp3) is 0.222. The van der Waals surface area contributed by atoms with E-state index in [1.54, 1.807) is 24.3 Å². The summed E-state index contributed by atoms with van der Waals surface area (Å²) in [5.41, 5.74) is 1.37. The number of aryl methyl sites for hydroxylation is 1. The number of benzene rings is 1. The Morgan fingerprint density at radius 1 is 1.16 bits per heavy atom. The van der Waals surface area contributed by atoms with Gasteiger partial charge < -0.3 is 15.1 Å². The molecule has 0 spiro atoms. The van der Waals surface area contributed by atoms with E-state index in [1.807, 2.05) is 6.92 Å². The number of hydrogen-bond acceptors (Lipinski definition) is 5. The first-order valence-corrected chi connectivity index (χ1v) is 7.58. The minimum Gasteiger partial charge on any atom is -0.326 e. The molecule has 0 bridgehead atoms. The zero-order valence-corrected chi connectivity index (χ0v) is 11.8. The number of rotatable bonds is 6. The third-order valence-electron chi connectivity index (χ3n) is 1.95. The topological polar surface area (TPSA) is 122 Å². The zero-order chi connectivity index (χ0) is 14.4. The molecule has 2 atom stereocenters. The number of carbonyl (C=O) groups is 1. The Morgan fingerprint density at radius 2 is 1.63 bits per heavy atom.